The van der Waals surface area contributed by atoms with Crippen LogP contribution in [0.5, 0.6) is 34.5 Å². The minimum atomic E-state index is -0.102. The summed E-state index contributed by atoms with van der Waals surface area (Å²) in [4.78, 5) is 0. The Labute approximate surface area is 194 Å². The van der Waals surface area contributed by atoms with Crippen LogP contribution in [0.25, 0.3) is 22.3 Å². The molecule has 33 heavy (non-hydrogen) atoms. The Bertz CT molecular complexity index is 1150. The lowest BCUT2D eigenvalue weighted by Gasteiger charge is -2.19. The molecule has 3 rings (SSSR count). The van der Waals surface area contributed by atoms with E-state index in [1.54, 1.807) is 25.3 Å². The molecule has 6 nitrogen and oxygen atoms in total. The highest BCUT2D eigenvalue weighted by atomic mass is 16.5. The van der Waals surface area contributed by atoms with Crippen LogP contribution < -0.4 is 18.9 Å². The number of methoxy groups -OCH3 is 3. The molecule has 0 atom stereocenters. The molecule has 0 heterocycles. The van der Waals surface area contributed by atoms with Gasteiger partial charge in [0.2, 0.25) is 0 Å². The zero-order chi connectivity index (χ0) is 24.0. The van der Waals surface area contributed by atoms with E-state index in [1.165, 1.54) is 25.9 Å². The maximum atomic E-state index is 11.2. The summed E-state index contributed by atoms with van der Waals surface area (Å²) in [6, 6.07) is 14.2. The monoisotopic (exact) mass is 450 g/mol. The molecule has 0 bridgehead atoms. The number of allylic oxidation sites excluding steroid dienone is 1. The maximum absolute atomic E-state index is 11.2. The van der Waals surface area contributed by atoms with Crippen molar-refractivity contribution in [1.29, 1.82) is 0 Å². The maximum Gasteiger partial charge on any atom is 0.170 e. The van der Waals surface area contributed by atoms with Crippen molar-refractivity contribution >= 4 is 0 Å². The first-order valence-corrected chi connectivity index (χ1v) is 10.6. The van der Waals surface area contributed by atoms with Gasteiger partial charge in [-0.3, -0.25) is 0 Å². The average Bonchev–Trinajstić information content (AvgIpc) is 2.81. The van der Waals surface area contributed by atoms with Crippen molar-refractivity contribution in [3.05, 3.63) is 60.2 Å². The van der Waals surface area contributed by atoms with E-state index in [0.29, 0.717) is 40.5 Å². The lowest BCUT2D eigenvalue weighted by atomic mass is 9.96. The minimum absolute atomic E-state index is 0.0288. The fourth-order valence-electron chi connectivity index (χ4n) is 3.65. The highest BCUT2D eigenvalue weighted by molar-refractivity contribution is 5.89. The molecule has 3 aromatic rings. The van der Waals surface area contributed by atoms with Gasteiger partial charge in [-0.25, -0.2) is 0 Å². The number of aromatic hydroxyl groups is 2. The number of benzene rings is 3. The summed E-state index contributed by atoms with van der Waals surface area (Å²) in [5, 5.41) is 21.7. The van der Waals surface area contributed by atoms with Crippen LogP contribution in [-0.2, 0) is 0 Å². The third kappa shape index (κ3) is 5.17. The molecule has 0 aliphatic heterocycles. The summed E-state index contributed by atoms with van der Waals surface area (Å²) in [6.07, 6.45) is 2.82. The van der Waals surface area contributed by atoms with Crippen molar-refractivity contribution in [1.82, 2.24) is 0 Å². The van der Waals surface area contributed by atoms with Crippen LogP contribution in [0.4, 0.5) is 0 Å². The quantitative estimate of drug-likeness (QED) is 0.299. The lowest BCUT2D eigenvalue weighted by Crippen LogP contribution is -1.98. The number of ether oxygens (including phenoxy) is 4. The normalized spacial score (nSPS) is 10.5. The average molecular weight is 451 g/mol. The summed E-state index contributed by atoms with van der Waals surface area (Å²) < 4.78 is 22.4. The second kappa shape index (κ2) is 10.7. The largest absolute Gasteiger partial charge is 0.504 e. The number of rotatable bonds is 9. The topological polar surface area (TPSA) is 77.4 Å². The molecule has 0 unspecified atom stereocenters. The number of phenolic OH excluding ortho intramolecular Hbond substituents is 2. The Morgan fingerprint density at radius 3 is 2.18 bits per heavy atom. The van der Waals surface area contributed by atoms with Crippen molar-refractivity contribution in [3.8, 4) is 56.8 Å². The van der Waals surface area contributed by atoms with Crippen molar-refractivity contribution in [2.75, 3.05) is 27.9 Å². The first kappa shape index (κ1) is 23.9. The molecule has 0 aliphatic carbocycles. The van der Waals surface area contributed by atoms with Crippen LogP contribution in [0.1, 0.15) is 20.3 Å². The Hall–Kier alpha value is -3.80. The molecule has 3 aromatic carbocycles. The Kier molecular flexibility index (Phi) is 7.72. The summed E-state index contributed by atoms with van der Waals surface area (Å²) in [6.45, 7) is 4.51. The van der Waals surface area contributed by atoms with E-state index in [-0.39, 0.29) is 17.2 Å². The van der Waals surface area contributed by atoms with Gasteiger partial charge < -0.3 is 29.2 Å². The molecular weight excluding hydrogens is 420 g/mol. The van der Waals surface area contributed by atoms with E-state index < -0.39 is 0 Å². The van der Waals surface area contributed by atoms with Gasteiger partial charge in [0.1, 0.15) is 11.5 Å². The minimum Gasteiger partial charge on any atom is -0.504 e. The highest BCUT2D eigenvalue weighted by Crippen LogP contribution is 2.51. The van der Waals surface area contributed by atoms with Gasteiger partial charge in [0.05, 0.1) is 33.5 Å². The van der Waals surface area contributed by atoms with E-state index in [1.807, 2.05) is 38.1 Å². The lowest BCUT2D eigenvalue weighted by molar-refractivity contribution is 0.305. The fourth-order valence-corrected chi connectivity index (χ4v) is 3.65. The van der Waals surface area contributed by atoms with E-state index in [9.17, 15) is 10.2 Å². The fraction of sp³-hybridized carbons (Fsp3) is 0.259. The molecule has 0 fully saturated rings. The summed E-state index contributed by atoms with van der Waals surface area (Å²) in [5.41, 5.74) is 3.55. The number of phenols is 2. The summed E-state index contributed by atoms with van der Waals surface area (Å²) in [5.74, 6) is 1.57. The molecule has 0 saturated heterocycles. The van der Waals surface area contributed by atoms with Gasteiger partial charge in [-0.05, 0) is 50.1 Å². The standard InChI is InChI=1S/C27H30O6/c1-17(2)9-8-14-33-23-13-12-18(15-21(23)28)25-24(31-4)16-20(27(32-5)26(25)29)19-10-6-7-11-22(19)30-3/h6-7,9-13,15-16,28-29H,8,14H2,1-5H3. The molecule has 0 aromatic heterocycles. The molecule has 6 heteroatoms. The van der Waals surface area contributed by atoms with Gasteiger partial charge in [-0.15, -0.1) is 0 Å². The first-order chi connectivity index (χ1) is 15.9. The third-order valence-corrected chi connectivity index (χ3v) is 5.22. The van der Waals surface area contributed by atoms with Crippen LogP contribution in [-0.4, -0.2) is 38.1 Å². The van der Waals surface area contributed by atoms with Crippen molar-refractivity contribution in [3.63, 3.8) is 0 Å². The number of hydrogen-bond donors (Lipinski definition) is 2. The van der Waals surface area contributed by atoms with Crippen molar-refractivity contribution < 1.29 is 29.2 Å². The molecule has 174 valence electrons. The predicted molar refractivity (Wildman–Crippen MR) is 130 cm³/mol. The molecule has 0 amide bonds. The van der Waals surface area contributed by atoms with E-state index in [4.69, 9.17) is 18.9 Å². The third-order valence-electron chi connectivity index (χ3n) is 5.22. The number of para-hydroxylation sites is 1. The molecule has 0 radical (unpaired) electrons. The first-order valence-electron chi connectivity index (χ1n) is 10.6. The van der Waals surface area contributed by atoms with E-state index in [2.05, 4.69) is 6.08 Å². The smallest absolute Gasteiger partial charge is 0.170 e. The molecule has 2 N–H and O–H groups in total. The van der Waals surface area contributed by atoms with Crippen molar-refractivity contribution in [2.24, 2.45) is 0 Å². The predicted octanol–water partition coefficient (Wildman–Crippen LogP) is 6.19. The zero-order valence-corrected chi connectivity index (χ0v) is 19.6. The second-order valence-corrected chi connectivity index (χ2v) is 7.68. The van der Waals surface area contributed by atoms with Gasteiger partial charge in [-0.2, -0.15) is 0 Å². The van der Waals surface area contributed by atoms with Crippen LogP contribution in [0, 0.1) is 0 Å². The molecule has 0 spiro atoms. The van der Waals surface area contributed by atoms with Gasteiger partial charge in [0, 0.05) is 11.1 Å². The molecule has 0 aliphatic rings. The SMILES string of the molecule is COc1ccccc1-c1cc(OC)c(-c2ccc(OCCC=C(C)C)c(O)c2)c(O)c1OC. The molecule has 0 saturated carbocycles. The summed E-state index contributed by atoms with van der Waals surface area (Å²) in [7, 11) is 4.60. The van der Waals surface area contributed by atoms with Gasteiger partial charge in [0.15, 0.2) is 23.0 Å². The molecular formula is C27H30O6. The Morgan fingerprint density at radius 1 is 0.818 bits per heavy atom. The van der Waals surface area contributed by atoms with Crippen LogP contribution in [0.2, 0.25) is 0 Å². The van der Waals surface area contributed by atoms with Gasteiger partial charge in [-0.1, -0.05) is 35.9 Å². The van der Waals surface area contributed by atoms with Crippen LogP contribution >= 0.6 is 0 Å². The van der Waals surface area contributed by atoms with Gasteiger partial charge in [0.25, 0.3) is 0 Å². The number of hydrogen-bond acceptors (Lipinski definition) is 6. The Morgan fingerprint density at radius 2 is 1.55 bits per heavy atom. The summed E-state index contributed by atoms with van der Waals surface area (Å²) >= 11 is 0. The zero-order valence-electron chi connectivity index (χ0n) is 19.6. The van der Waals surface area contributed by atoms with E-state index in [0.717, 1.165) is 12.0 Å². The van der Waals surface area contributed by atoms with Crippen LogP contribution in [0.3, 0.4) is 0 Å². The second-order valence-electron chi connectivity index (χ2n) is 7.68. The highest BCUT2D eigenvalue weighted by Gasteiger charge is 2.23. The Balaban J connectivity index is 2.05. The van der Waals surface area contributed by atoms with Gasteiger partial charge >= 0.3 is 0 Å². The van der Waals surface area contributed by atoms with Crippen LogP contribution in [0.15, 0.2) is 60.2 Å². The van der Waals surface area contributed by atoms with Crippen molar-refractivity contribution in [2.45, 2.75) is 20.3 Å². The van der Waals surface area contributed by atoms with E-state index >= 15 is 0 Å².